The number of rotatable bonds is 4. The number of hydrogen-bond acceptors (Lipinski definition) is 2. The lowest BCUT2D eigenvalue weighted by molar-refractivity contribution is 0.590. The highest BCUT2D eigenvalue weighted by Gasteiger charge is 2.13. The van der Waals surface area contributed by atoms with E-state index >= 15 is 0 Å². The molecule has 0 radical (unpaired) electrons. The summed E-state index contributed by atoms with van der Waals surface area (Å²) in [6, 6.07) is 8.96. The lowest BCUT2D eigenvalue weighted by atomic mass is 9.87. The standard InChI is InChI=1S/C14H23NS/c1-11(10-15-5)16-13-8-6-12(7-9-13)14(2,3)4/h6-9,11,15H,10H2,1-5H3. The van der Waals surface area contributed by atoms with E-state index in [1.807, 2.05) is 18.8 Å². The van der Waals surface area contributed by atoms with Crippen molar-refractivity contribution in [1.82, 2.24) is 5.32 Å². The first kappa shape index (κ1) is 13.6. The zero-order valence-corrected chi connectivity index (χ0v) is 11.8. The van der Waals surface area contributed by atoms with Gasteiger partial charge in [-0.05, 0) is 30.2 Å². The Morgan fingerprint density at radius 1 is 1.19 bits per heavy atom. The summed E-state index contributed by atoms with van der Waals surface area (Å²) in [4.78, 5) is 1.36. The zero-order valence-electron chi connectivity index (χ0n) is 11.0. The Morgan fingerprint density at radius 3 is 2.19 bits per heavy atom. The summed E-state index contributed by atoms with van der Waals surface area (Å²) >= 11 is 1.92. The second-order valence-corrected chi connectivity index (χ2v) is 6.77. The normalized spacial score (nSPS) is 13.8. The third kappa shape index (κ3) is 4.18. The Hall–Kier alpha value is -0.470. The minimum Gasteiger partial charge on any atom is -0.319 e. The molecule has 1 atom stereocenters. The first-order valence-corrected chi connectivity index (χ1v) is 6.73. The van der Waals surface area contributed by atoms with Crippen LogP contribution in [0.1, 0.15) is 33.3 Å². The van der Waals surface area contributed by atoms with E-state index in [9.17, 15) is 0 Å². The molecule has 0 aromatic heterocycles. The van der Waals surface area contributed by atoms with Gasteiger partial charge in [0.2, 0.25) is 0 Å². The SMILES string of the molecule is CNCC(C)Sc1ccc(C(C)(C)C)cc1. The lowest BCUT2D eigenvalue weighted by Gasteiger charge is -2.19. The van der Waals surface area contributed by atoms with Gasteiger partial charge in [-0.2, -0.15) is 0 Å². The summed E-state index contributed by atoms with van der Waals surface area (Å²) in [6.07, 6.45) is 0. The van der Waals surface area contributed by atoms with Crippen LogP contribution in [0.4, 0.5) is 0 Å². The van der Waals surface area contributed by atoms with Crippen molar-refractivity contribution in [1.29, 1.82) is 0 Å². The number of thioether (sulfide) groups is 1. The highest BCUT2D eigenvalue weighted by molar-refractivity contribution is 8.00. The number of nitrogens with one attached hydrogen (secondary N) is 1. The first-order chi connectivity index (χ1) is 7.43. The Kier molecular flexibility index (Phi) is 4.88. The van der Waals surface area contributed by atoms with Gasteiger partial charge < -0.3 is 5.32 Å². The quantitative estimate of drug-likeness (QED) is 0.802. The Balaban J connectivity index is 2.65. The molecule has 0 saturated carbocycles. The molecular formula is C14H23NS. The maximum Gasteiger partial charge on any atom is 0.0191 e. The van der Waals surface area contributed by atoms with Crippen LogP contribution in [0, 0.1) is 0 Å². The Labute approximate surface area is 104 Å². The molecule has 1 unspecified atom stereocenters. The van der Waals surface area contributed by atoms with Crippen LogP contribution in [-0.2, 0) is 5.41 Å². The van der Waals surface area contributed by atoms with E-state index in [4.69, 9.17) is 0 Å². The van der Waals surface area contributed by atoms with Crippen LogP contribution in [0.5, 0.6) is 0 Å². The third-order valence-electron chi connectivity index (χ3n) is 2.55. The monoisotopic (exact) mass is 237 g/mol. The highest BCUT2D eigenvalue weighted by atomic mass is 32.2. The number of hydrogen-bond donors (Lipinski definition) is 1. The van der Waals surface area contributed by atoms with Gasteiger partial charge in [-0.25, -0.2) is 0 Å². The molecule has 0 bridgehead atoms. The molecule has 1 rings (SSSR count). The second-order valence-electron chi connectivity index (χ2n) is 5.26. The van der Waals surface area contributed by atoms with Crippen LogP contribution in [0.2, 0.25) is 0 Å². The fraction of sp³-hybridized carbons (Fsp3) is 0.571. The van der Waals surface area contributed by atoms with Crippen molar-refractivity contribution < 1.29 is 0 Å². The molecule has 90 valence electrons. The van der Waals surface area contributed by atoms with Gasteiger partial charge in [0.25, 0.3) is 0 Å². The van der Waals surface area contributed by atoms with Gasteiger partial charge in [0.1, 0.15) is 0 Å². The van der Waals surface area contributed by atoms with E-state index in [1.165, 1.54) is 10.5 Å². The predicted octanol–water partition coefficient (Wildman–Crippen LogP) is 3.68. The van der Waals surface area contributed by atoms with Crippen molar-refractivity contribution in [2.45, 2.75) is 43.3 Å². The van der Waals surface area contributed by atoms with Crippen molar-refractivity contribution >= 4 is 11.8 Å². The molecule has 0 aliphatic rings. The van der Waals surface area contributed by atoms with Crippen molar-refractivity contribution in [3.8, 4) is 0 Å². The van der Waals surface area contributed by atoms with E-state index in [-0.39, 0.29) is 5.41 Å². The fourth-order valence-corrected chi connectivity index (χ4v) is 2.60. The van der Waals surface area contributed by atoms with Gasteiger partial charge in [0.05, 0.1) is 0 Å². The minimum absolute atomic E-state index is 0.250. The molecule has 0 heterocycles. The van der Waals surface area contributed by atoms with E-state index in [0.717, 1.165) is 6.54 Å². The van der Waals surface area contributed by atoms with Gasteiger partial charge in [-0.15, -0.1) is 11.8 Å². The van der Waals surface area contributed by atoms with Crippen LogP contribution in [0.3, 0.4) is 0 Å². The molecule has 0 fully saturated rings. The molecule has 1 nitrogen and oxygen atoms in total. The van der Waals surface area contributed by atoms with Crippen molar-refractivity contribution in [3.63, 3.8) is 0 Å². The maximum absolute atomic E-state index is 3.20. The molecular weight excluding hydrogens is 214 g/mol. The molecule has 16 heavy (non-hydrogen) atoms. The second kappa shape index (κ2) is 5.74. The van der Waals surface area contributed by atoms with Crippen LogP contribution >= 0.6 is 11.8 Å². The molecule has 0 saturated heterocycles. The zero-order chi connectivity index (χ0) is 12.2. The average molecular weight is 237 g/mol. The molecule has 1 aromatic rings. The molecule has 1 aromatic carbocycles. The summed E-state index contributed by atoms with van der Waals surface area (Å²) in [6.45, 7) is 10.0. The van der Waals surface area contributed by atoms with Crippen molar-refractivity contribution in [2.24, 2.45) is 0 Å². The van der Waals surface area contributed by atoms with Gasteiger partial charge in [-0.3, -0.25) is 0 Å². The van der Waals surface area contributed by atoms with Crippen molar-refractivity contribution in [3.05, 3.63) is 29.8 Å². The highest BCUT2D eigenvalue weighted by Crippen LogP contribution is 2.27. The van der Waals surface area contributed by atoms with Gasteiger partial charge >= 0.3 is 0 Å². The van der Waals surface area contributed by atoms with Crippen LogP contribution in [0.25, 0.3) is 0 Å². The summed E-state index contributed by atoms with van der Waals surface area (Å²) in [7, 11) is 2.00. The van der Waals surface area contributed by atoms with Crippen LogP contribution in [-0.4, -0.2) is 18.8 Å². The Bertz CT molecular complexity index is 311. The summed E-state index contributed by atoms with van der Waals surface area (Å²) in [5, 5.41) is 3.82. The smallest absolute Gasteiger partial charge is 0.0191 e. The third-order valence-corrected chi connectivity index (χ3v) is 3.66. The summed E-state index contributed by atoms with van der Waals surface area (Å²) in [5.41, 5.74) is 1.65. The minimum atomic E-state index is 0.250. The van der Waals surface area contributed by atoms with Gasteiger partial charge in [-0.1, -0.05) is 39.8 Å². The lowest BCUT2D eigenvalue weighted by Crippen LogP contribution is -2.17. The van der Waals surface area contributed by atoms with Crippen LogP contribution < -0.4 is 5.32 Å². The summed E-state index contributed by atoms with van der Waals surface area (Å²) < 4.78 is 0. The topological polar surface area (TPSA) is 12.0 Å². The van der Waals surface area contributed by atoms with E-state index in [2.05, 4.69) is 57.3 Å². The average Bonchev–Trinajstić information content (AvgIpc) is 2.17. The molecule has 0 aliphatic carbocycles. The maximum atomic E-state index is 3.20. The van der Waals surface area contributed by atoms with E-state index < -0.39 is 0 Å². The molecule has 1 N–H and O–H groups in total. The van der Waals surface area contributed by atoms with Crippen molar-refractivity contribution in [2.75, 3.05) is 13.6 Å². The van der Waals surface area contributed by atoms with E-state index in [0.29, 0.717) is 5.25 Å². The Morgan fingerprint density at radius 2 is 1.75 bits per heavy atom. The number of benzene rings is 1. The largest absolute Gasteiger partial charge is 0.319 e. The summed E-state index contributed by atoms with van der Waals surface area (Å²) in [5.74, 6) is 0. The van der Waals surface area contributed by atoms with Gasteiger partial charge in [0, 0.05) is 16.7 Å². The van der Waals surface area contributed by atoms with Crippen LogP contribution in [0.15, 0.2) is 29.2 Å². The first-order valence-electron chi connectivity index (χ1n) is 5.85. The fourth-order valence-electron chi connectivity index (χ4n) is 1.59. The molecule has 0 aliphatic heterocycles. The predicted molar refractivity (Wildman–Crippen MR) is 74.4 cm³/mol. The van der Waals surface area contributed by atoms with E-state index in [1.54, 1.807) is 0 Å². The van der Waals surface area contributed by atoms with Gasteiger partial charge in [0.15, 0.2) is 0 Å². The molecule has 2 heteroatoms. The molecule has 0 spiro atoms. The molecule has 0 amide bonds.